The highest BCUT2D eigenvalue weighted by Crippen LogP contribution is 2.05. The maximum Gasteiger partial charge on any atom is 0.223 e. The molecule has 0 bridgehead atoms. The molecule has 1 heterocycles. The molecular weight excluding hydrogens is 176 g/mol. The Morgan fingerprint density at radius 2 is 2.29 bits per heavy atom. The first-order valence-electron chi connectivity index (χ1n) is 4.95. The van der Waals surface area contributed by atoms with Gasteiger partial charge in [-0.3, -0.25) is 0 Å². The largest absolute Gasteiger partial charge is 0.350 e. The van der Waals surface area contributed by atoms with Gasteiger partial charge in [-0.25, -0.2) is 9.97 Å². The van der Waals surface area contributed by atoms with Crippen LogP contribution in [0, 0.1) is 6.92 Å². The van der Waals surface area contributed by atoms with Crippen LogP contribution in [0.3, 0.4) is 0 Å². The molecule has 0 amide bonds. The number of hydrogen-bond acceptors (Lipinski definition) is 4. The normalized spacial score (nSPS) is 14.9. The molecule has 0 aliphatic carbocycles. The van der Waals surface area contributed by atoms with Crippen LogP contribution in [0.25, 0.3) is 0 Å². The van der Waals surface area contributed by atoms with Crippen molar-refractivity contribution in [3.8, 4) is 0 Å². The molecule has 0 aliphatic rings. The molecule has 0 fully saturated rings. The number of nitrogens with two attached hydrogens (primary N) is 1. The number of aryl methyl sites for hydroxylation is 1. The Morgan fingerprint density at radius 3 is 2.79 bits per heavy atom. The molecule has 0 aliphatic heterocycles. The third-order valence-corrected chi connectivity index (χ3v) is 2.18. The predicted octanol–water partition coefficient (Wildman–Crippen LogP) is 1.32. The van der Waals surface area contributed by atoms with Crippen LogP contribution >= 0.6 is 0 Å². The number of nitrogens with one attached hydrogen (secondary N) is 1. The first-order chi connectivity index (χ1) is 6.63. The molecule has 1 aromatic heterocycles. The average Bonchev–Trinajstić information content (AvgIpc) is 2.14. The molecule has 1 rings (SSSR count). The van der Waals surface area contributed by atoms with Crippen molar-refractivity contribution in [2.24, 2.45) is 5.73 Å². The Morgan fingerprint density at radius 1 is 1.57 bits per heavy atom. The van der Waals surface area contributed by atoms with E-state index < -0.39 is 0 Å². The third-order valence-electron chi connectivity index (χ3n) is 2.18. The minimum Gasteiger partial charge on any atom is -0.350 e. The lowest BCUT2D eigenvalue weighted by molar-refractivity contribution is 0.574. The summed E-state index contributed by atoms with van der Waals surface area (Å²) in [5, 5.41) is 3.22. The van der Waals surface area contributed by atoms with Crippen molar-refractivity contribution in [2.75, 3.05) is 5.32 Å². The predicted molar refractivity (Wildman–Crippen MR) is 58.1 cm³/mol. The summed E-state index contributed by atoms with van der Waals surface area (Å²) < 4.78 is 0. The van der Waals surface area contributed by atoms with E-state index in [1.807, 2.05) is 19.9 Å². The molecule has 0 saturated carbocycles. The van der Waals surface area contributed by atoms with Crippen LogP contribution in [0.4, 0.5) is 5.95 Å². The summed E-state index contributed by atoms with van der Waals surface area (Å²) >= 11 is 0. The van der Waals surface area contributed by atoms with Crippen LogP contribution in [-0.4, -0.2) is 22.1 Å². The number of aromatic nitrogens is 2. The first-order valence-corrected chi connectivity index (χ1v) is 4.95. The van der Waals surface area contributed by atoms with E-state index >= 15 is 0 Å². The minimum absolute atomic E-state index is 0.101. The van der Waals surface area contributed by atoms with E-state index in [1.54, 1.807) is 6.20 Å². The van der Waals surface area contributed by atoms with E-state index in [1.165, 1.54) is 0 Å². The highest BCUT2D eigenvalue weighted by molar-refractivity contribution is 5.26. The fraction of sp³-hybridized carbons (Fsp3) is 0.600. The fourth-order valence-electron chi connectivity index (χ4n) is 1.29. The monoisotopic (exact) mass is 194 g/mol. The van der Waals surface area contributed by atoms with Crippen molar-refractivity contribution in [2.45, 2.75) is 39.3 Å². The zero-order valence-electron chi connectivity index (χ0n) is 8.99. The SMILES string of the molecule is CCC(Nc1nccc(C)n1)C(C)N. The Bertz CT molecular complexity index is 285. The lowest BCUT2D eigenvalue weighted by atomic mass is 10.1. The summed E-state index contributed by atoms with van der Waals surface area (Å²) in [5.74, 6) is 0.661. The van der Waals surface area contributed by atoms with Gasteiger partial charge in [0.15, 0.2) is 0 Å². The molecule has 4 heteroatoms. The highest BCUT2D eigenvalue weighted by Gasteiger charge is 2.11. The van der Waals surface area contributed by atoms with Crippen LogP contribution in [0.2, 0.25) is 0 Å². The molecule has 0 saturated heterocycles. The number of rotatable bonds is 4. The third kappa shape index (κ3) is 2.96. The quantitative estimate of drug-likeness (QED) is 0.758. The van der Waals surface area contributed by atoms with Crippen molar-refractivity contribution in [1.82, 2.24) is 9.97 Å². The smallest absolute Gasteiger partial charge is 0.223 e. The molecule has 78 valence electrons. The molecule has 2 unspecified atom stereocenters. The van der Waals surface area contributed by atoms with Gasteiger partial charge < -0.3 is 11.1 Å². The van der Waals surface area contributed by atoms with Crippen molar-refractivity contribution < 1.29 is 0 Å². The zero-order chi connectivity index (χ0) is 10.6. The molecule has 14 heavy (non-hydrogen) atoms. The molecular formula is C10H18N4. The standard InChI is InChI=1S/C10H18N4/c1-4-9(8(3)11)14-10-12-6-5-7(2)13-10/h5-6,8-9H,4,11H2,1-3H3,(H,12,13,14). The zero-order valence-corrected chi connectivity index (χ0v) is 8.99. The van der Waals surface area contributed by atoms with Crippen LogP contribution in [0.15, 0.2) is 12.3 Å². The van der Waals surface area contributed by atoms with Crippen molar-refractivity contribution in [1.29, 1.82) is 0 Å². The first kappa shape index (κ1) is 10.9. The Kier molecular flexibility index (Phi) is 3.83. The van der Waals surface area contributed by atoms with Gasteiger partial charge in [0, 0.05) is 24.0 Å². The fourth-order valence-corrected chi connectivity index (χ4v) is 1.29. The Labute approximate surface area is 85.0 Å². The van der Waals surface area contributed by atoms with Gasteiger partial charge in [-0.1, -0.05) is 6.92 Å². The summed E-state index contributed by atoms with van der Waals surface area (Å²) in [4.78, 5) is 8.40. The summed E-state index contributed by atoms with van der Waals surface area (Å²) in [7, 11) is 0. The molecule has 0 spiro atoms. The molecule has 3 N–H and O–H groups in total. The Hall–Kier alpha value is -1.16. The van der Waals surface area contributed by atoms with Gasteiger partial charge in [-0.05, 0) is 26.3 Å². The van der Waals surface area contributed by atoms with Crippen LogP contribution in [-0.2, 0) is 0 Å². The van der Waals surface area contributed by atoms with Crippen molar-refractivity contribution in [3.63, 3.8) is 0 Å². The van der Waals surface area contributed by atoms with Gasteiger partial charge in [0.1, 0.15) is 0 Å². The molecule has 0 radical (unpaired) electrons. The van der Waals surface area contributed by atoms with Gasteiger partial charge in [0.25, 0.3) is 0 Å². The number of hydrogen-bond donors (Lipinski definition) is 2. The maximum absolute atomic E-state index is 5.82. The summed E-state index contributed by atoms with van der Waals surface area (Å²) in [6.07, 6.45) is 2.72. The highest BCUT2D eigenvalue weighted by atomic mass is 15.1. The van der Waals surface area contributed by atoms with Gasteiger partial charge >= 0.3 is 0 Å². The van der Waals surface area contributed by atoms with E-state index in [4.69, 9.17) is 5.73 Å². The average molecular weight is 194 g/mol. The van der Waals surface area contributed by atoms with Gasteiger partial charge in [-0.2, -0.15) is 0 Å². The number of nitrogens with zero attached hydrogens (tertiary/aromatic N) is 2. The minimum atomic E-state index is 0.101. The second kappa shape index (κ2) is 4.91. The lowest BCUT2D eigenvalue weighted by Crippen LogP contribution is -2.37. The van der Waals surface area contributed by atoms with E-state index in [9.17, 15) is 0 Å². The molecule has 4 nitrogen and oxygen atoms in total. The van der Waals surface area contributed by atoms with Crippen molar-refractivity contribution >= 4 is 5.95 Å². The van der Waals surface area contributed by atoms with Crippen LogP contribution < -0.4 is 11.1 Å². The maximum atomic E-state index is 5.82. The topological polar surface area (TPSA) is 63.8 Å². The second-order valence-corrected chi connectivity index (χ2v) is 3.54. The van der Waals surface area contributed by atoms with E-state index in [2.05, 4.69) is 22.2 Å². The van der Waals surface area contributed by atoms with E-state index in [-0.39, 0.29) is 12.1 Å². The van der Waals surface area contributed by atoms with Crippen molar-refractivity contribution in [3.05, 3.63) is 18.0 Å². The van der Waals surface area contributed by atoms with E-state index in [0.717, 1.165) is 12.1 Å². The van der Waals surface area contributed by atoms with Crippen LogP contribution in [0.1, 0.15) is 26.0 Å². The van der Waals surface area contributed by atoms with Gasteiger partial charge in [-0.15, -0.1) is 0 Å². The second-order valence-electron chi connectivity index (χ2n) is 3.54. The van der Waals surface area contributed by atoms with Gasteiger partial charge in [0.05, 0.1) is 0 Å². The summed E-state index contributed by atoms with van der Waals surface area (Å²) in [6.45, 7) is 6.02. The molecule has 2 atom stereocenters. The summed E-state index contributed by atoms with van der Waals surface area (Å²) in [5.41, 5.74) is 6.78. The Balaban J connectivity index is 2.67. The van der Waals surface area contributed by atoms with Gasteiger partial charge in [0.2, 0.25) is 5.95 Å². The number of anilines is 1. The molecule has 0 aromatic carbocycles. The van der Waals surface area contributed by atoms with Crippen LogP contribution in [0.5, 0.6) is 0 Å². The lowest BCUT2D eigenvalue weighted by Gasteiger charge is -2.20. The molecule has 1 aromatic rings. The summed E-state index contributed by atoms with van der Waals surface area (Å²) in [6, 6.07) is 2.21. The van der Waals surface area contributed by atoms with E-state index in [0.29, 0.717) is 5.95 Å².